The van der Waals surface area contributed by atoms with Crippen molar-refractivity contribution in [2.24, 2.45) is 0 Å². The maximum atomic E-state index is 12.2. The molecular weight excluding hydrogens is 274 g/mol. The Morgan fingerprint density at radius 3 is 2.50 bits per heavy atom. The second-order valence-electron chi connectivity index (χ2n) is 3.84. The Balaban J connectivity index is 2.93. The highest BCUT2D eigenvalue weighted by Crippen LogP contribution is 2.26. The average Bonchev–Trinajstić information content (AvgIpc) is 2.58. The minimum atomic E-state index is -3.62. The van der Waals surface area contributed by atoms with Crippen molar-refractivity contribution in [3.63, 3.8) is 0 Å². The maximum Gasteiger partial charge on any atom is 0.321 e. The van der Waals surface area contributed by atoms with Gasteiger partial charge in [-0.25, -0.2) is 8.42 Å². The van der Waals surface area contributed by atoms with Gasteiger partial charge in [0.1, 0.15) is 6.54 Å². The van der Waals surface area contributed by atoms with E-state index < -0.39 is 16.0 Å². The van der Waals surface area contributed by atoms with Crippen molar-refractivity contribution < 1.29 is 17.9 Å². The number of rotatable bonds is 5. The summed E-state index contributed by atoms with van der Waals surface area (Å²) < 4.78 is 30.2. The number of nitrogens with zero attached hydrogens (tertiary/aromatic N) is 1. The van der Waals surface area contributed by atoms with Gasteiger partial charge >= 0.3 is 5.97 Å². The third kappa shape index (κ3) is 3.30. The van der Waals surface area contributed by atoms with Gasteiger partial charge in [0.2, 0.25) is 10.0 Å². The molecule has 0 radical (unpaired) electrons. The normalized spacial score (nSPS) is 11.8. The molecule has 0 aliphatic heterocycles. The SMILES string of the molecule is CCOC(=O)CN(C)S(=O)(=O)c1cc(C)sc1C. The zero-order valence-corrected chi connectivity index (χ0v) is 12.5. The molecule has 0 unspecified atom stereocenters. The predicted octanol–water partition coefficient (Wildman–Crippen LogP) is 1.55. The highest BCUT2D eigenvalue weighted by molar-refractivity contribution is 7.89. The molecule has 0 saturated heterocycles. The van der Waals surface area contributed by atoms with E-state index in [0.717, 1.165) is 14.1 Å². The van der Waals surface area contributed by atoms with E-state index in [4.69, 9.17) is 4.74 Å². The van der Waals surface area contributed by atoms with E-state index in [9.17, 15) is 13.2 Å². The third-order valence-corrected chi connectivity index (χ3v) is 5.37. The molecule has 7 heteroatoms. The topological polar surface area (TPSA) is 63.7 Å². The fraction of sp³-hybridized carbons (Fsp3) is 0.545. The second-order valence-corrected chi connectivity index (χ2v) is 7.32. The molecule has 18 heavy (non-hydrogen) atoms. The monoisotopic (exact) mass is 291 g/mol. The van der Waals surface area contributed by atoms with E-state index in [1.165, 1.54) is 18.4 Å². The van der Waals surface area contributed by atoms with Crippen molar-refractivity contribution in [1.29, 1.82) is 0 Å². The lowest BCUT2D eigenvalue weighted by atomic mass is 10.4. The van der Waals surface area contributed by atoms with Crippen LogP contribution in [0, 0.1) is 13.8 Å². The van der Waals surface area contributed by atoms with E-state index >= 15 is 0 Å². The molecule has 1 rings (SSSR count). The van der Waals surface area contributed by atoms with Crippen LogP contribution < -0.4 is 0 Å². The summed E-state index contributed by atoms with van der Waals surface area (Å²) in [4.78, 5) is 13.2. The van der Waals surface area contributed by atoms with Gasteiger partial charge in [0.05, 0.1) is 11.5 Å². The lowest BCUT2D eigenvalue weighted by Gasteiger charge is -2.15. The van der Waals surface area contributed by atoms with Crippen molar-refractivity contribution in [2.45, 2.75) is 25.7 Å². The fourth-order valence-corrected chi connectivity index (χ4v) is 4.14. The first-order chi connectivity index (χ1) is 8.28. The molecule has 0 bridgehead atoms. The quantitative estimate of drug-likeness (QED) is 0.772. The molecule has 102 valence electrons. The number of ether oxygens (including phenoxy) is 1. The minimum absolute atomic E-state index is 0.239. The number of carbonyl (C=O) groups is 1. The Labute approximate surface area is 111 Å². The van der Waals surface area contributed by atoms with Crippen LogP contribution >= 0.6 is 11.3 Å². The van der Waals surface area contributed by atoms with E-state index in [0.29, 0.717) is 0 Å². The zero-order chi connectivity index (χ0) is 13.9. The van der Waals surface area contributed by atoms with Crippen LogP contribution in [0.3, 0.4) is 0 Å². The van der Waals surface area contributed by atoms with Crippen LogP contribution in [0.5, 0.6) is 0 Å². The van der Waals surface area contributed by atoms with Gasteiger partial charge in [0.25, 0.3) is 0 Å². The molecule has 0 spiro atoms. The van der Waals surface area contributed by atoms with Gasteiger partial charge in [-0.3, -0.25) is 4.79 Å². The summed E-state index contributed by atoms with van der Waals surface area (Å²) in [5, 5.41) is 0. The Hall–Kier alpha value is -0.920. The predicted molar refractivity (Wildman–Crippen MR) is 70.2 cm³/mol. The number of sulfonamides is 1. The van der Waals surface area contributed by atoms with Gasteiger partial charge in [-0.15, -0.1) is 11.3 Å². The summed E-state index contributed by atoms with van der Waals surface area (Å²) in [5.41, 5.74) is 0. The molecule has 0 N–H and O–H groups in total. The molecule has 0 atom stereocenters. The van der Waals surface area contributed by atoms with E-state index in [1.54, 1.807) is 19.9 Å². The van der Waals surface area contributed by atoms with Gasteiger partial charge < -0.3 is 4.74 Å². The summed E-state index contributed by atoms with van der Waals surface area (Å²) in [6.45, 7) is 5.25. The first kappa shape index (κ1) is 15.1. The van der Waals surface area contributed by atoms with Crippen LogP contribution in [0.4, 0.5) is 0 Å². The number of carbonyl (C=O) groups excluding carboxylic acids is 1. The first-order valence-corrected chi connectivity index (χ1v) is 7.73. The maximum absolute atomic E-state index is 12.2. The largest absolute Gasteiger partial charge is 0.465 e. The Morgan fingerprint density at radius 1 is 1.44 bits per heavy atom. The third-order valence-electron chi connectivity index (χ3n) is 2.34. The molecule has 0 aliphatic rings. The molecule has 0 fully saturated rings. The highest BCUT2D eigenvalue weighted by atomic mass is 32.2. The zero-order valence-electron chi connectivity index (χ0n) is 10.9. The van der Waals surface area contributed by atoms with Crippen molar-refractivity contribution in [1.82, 2.24) is 4.31 Å². The summed E-state index contributed by atoms with van der Waals surface area (Å²) in [6, 6.07) is 1.62. The molecule has 1 heterocycles. The van der Waals surface area contributed by atoms with Crippen molar-refractivity contribution in [3.8, 4) is 0 Å². The van der Waals surface area contributed by atoms with Gasteiger partial charge in [0.15, 0.2) is 0 Å². The number of esters is 1. The number of thiophene rings is 1. The molecule has 0 saturated carbocycles. The van der Waals surface area contributed by atoms with Crippen LogP contribution in [-0.4, -0.2) is 38.9 Å². The Kier molecular flexibility index (Phi) is 4.89. The standard InChI is InChI=1S/C11H17NO4S2/c1-5-16-11(13)7-12(4)18(14,15)10-6-8(2)17-9(10)3/h6H,5,7H2,1-4H3. The number of likely N-dealkylation sites (N-methyl/N-ethyl adjacent to an activating group) is 1. The molecule has 1 aromatic rings. The van der Waals surface area contributed by atoms with Crippen LogP contribution in [0.25, 0.3) is 0 Å². The van der Waals surface area contributed by atoms with Gasteiger partial charge in [-0.05, 0) is 26.8 Å². The lowest BCUT2D eigenvalue weighted by molar-refractivity contribution is -0.143. The van der Waals surface area contributed by atoms with Gasteiger partial charge in [0, 0.05) is 16.8 Å². The summed E-state index contributed by atoms with van der Waals surface area (Å²) >= 11 is 1.42. The fourth-order valence-electron chi connectivity index (χ4n) is 1.50. The number of aryl methyl sites for hydroxylation is 2. The van der Waals surface area contributed by atoms with E-state index in [1.807, 2.05) is 6.92 Å². The lowest BCUT2D eigenvalue weighted by Crippen LogP contribution is -2.33. The molecule has 5 nitrogen and oxygen atoms in total. The Bertz CT molecular complexity index is 533. The summed E-state index contributed by atoms with van der Waals surface area (Å²) in [6.07, 6.45) is 0. The van der Waals surface area contributed by atoms with Crippen molar-refractivity contribution in [2.75, 3.05) is 20.2 Å². The minimum Gasteiger partial charge on any atom is -0.465 e. The number of hydrogen-bond acceptors (Lipinski definition) is 5. The Morgan fingerprint density at radius 2 is 2.06 bits per heavy atom. The molecule has 0 aromatic carbocycles. The van der Waals surface area contributed by atoms with Crippen LogP contribution in [0.15, 0.2) is 11.0 Å². The van der Waals surface area contributed by atoms with Crippen molar-refractivity contribution >= 4 is 27.3 Å². The molecule has 1 aromatic heterocycles. The van der Waals surface area contributed by atoms with Crippen LogP contribution in [0.2, 0.25) is 0 Å². The van der Waals surface area contributed by atoms with Crippen LogP contribution in [-0.2, 0) is 19.6 Å². The molecule has 0 aliphatic carbocycles. The van der Waals surface area contributed by atoms with E-state index in [2.05, 4.69) is 0 Å². The van der Waals surface area contributed by atoms with Crippen LogP contribution in [0.1, 0.15) is 16.7 Å². The summed E-state index contributed by atoms with van der Waals surface area (Å²) in [5.74, 6) is -0.548. The van der Waals surface area contributed by atoms with E-state index in [-0.39, 0.29) is 18.0 Å². The highest BCUT2D eigenvalue weighted by Gasteiger charge is 2.26. The average molecular weight is 291 g/mol. The first-order valence-electron chi connectivity index (χ1n) is 5.48. The van der Waals surface area contributed by atoms with Gasteiger partial charge in [-0.1, -0.05) is 0 Å². The van der Waals surface area contributed by atoms with Gasteiger partial charge in [-0.2, -0.15) is 4.31 Å². The second kappa shape index (κ2) is 5.81. The molecule has 0 amide bonds. The molecular formula is C11H17NO4S2. The number of hydrogen-bond donors (Lipinski definition) is 0. The smallest absolute Gasteiger partial charge is 0.321 e. The van der Waals surface area contributed by atoms with Crippen molar-refractivity contribution in [3.05, 3.63) is 15.8 Å². The summed E-state index contributed by atoms with van der Waals surface area (Å²) in [7, 11) is -2.25.